The highest BCUT2D eigenvalue weighted by Crippen LogP contribution is 2.19. The second-order valence-electron chi connectivity index (χ2n) is 6.71. The van der Waals surface area contributed by atoms with E-state index in [1.807, 2.05) is 23.2 Å². The van der Waals surface area contributed by atoms with Crippen molar-refractivity contribution in [3.05, 3.63) is 36.5 Å². The summed E-state index contributed by atoms with van der Waals surface area (Å²) in [6.45, 7) is 1.90. The lowest BCUT2D eigenvalue weighted by Gasteiger charge is -2.35. The van der Waals surface area contributed by atoms with Crippen molar-refractivity contribution in [3.8, 4) is 0 Å². The van der Waals surface area contributed by atoms with Gasteiger partial charge in [0.05, 0.1) is 6.26 Å². The lowest BCUT2D eigenvalue weighted by molar-refractivity contribution is -0.132. The number of hydrogen-bond donors (Lipinski definition) is 0. The van der Waals surface area contributed by atoms with Crippen molar-refractivity contribution in [1.29, 1.82) is 0 Å². The third-order valence-corrected chi connectivity index (χ3v) is 6.45. The van der Waals surface area contributed by atoms with Gasteiger partial charge in [-0.25, -0.2) is 12.7 Å². The summed E-state index contributed by atoms with van der Waals surface area (Å²) in [5.74, 6) is 0.137. The van der Waals surface area contributed by atoms with E-state index in [4.69, 9.17) is 0 Å². The SMILES string of the molecule is CN(C1CCN(C(=O)CCn2ccc3ccccc32)CC1)S(C)(=O)=O. The van der Waals surface area contributed by atoms with E-state index in [0.29, 0.717) is 38.9 Å². The highest BCUT2D eigenvalue weighted by molar-refractivity contribution is 7.88. The molecular formula is C18H25N3O3S. The number of amides is 1. The maximum absolute atomic E-state index is 12.5. The van der Waals surface area contributed by atoms with Crippen LogP contribution in [0.4, 0.5) is 0 Å². The van der Waals surface area contributed by atoms with Crippen LogP contribution in [0.15, 0.2) is 36.5 Å². The number of carbonyl (C=O) groups is 1. The lowest BCUT2D eigenvalue weighted by atomic mass is 10.1. The van der Waals surface area contributed by atoms with Gasteiger partial charge in [0.15, 0.2) is 0 Å². The van der Waals surface area contributed by atoms with Crippen molar-refractivity contribution in [1.82, 2.24) is 13.8 Å². The first-order chi connectivity index (χ1) is 11.9. The first kappa shape index (κ1) is 17.9. The minimum atomic E-state index is -3.17. The molecule has 136 valence electrons. The molecule has 0 aliphatic carbocycles. The number of rotatable bonds is 5. The molecule has 2 aromatic rings. The van der Waals surface area contributed by atoms with Crippen molar-refractivity contribution in [2.75, 3.05) is 26.4 Å². The smallest absolute Gasteiger partial charge is 0.224 e. The molecule has 1 saturated heterocycles. The Balaban J connectivity index is 1.53. The van der Waals surface area contributed by atoms with Crippen molar-refractivity contribution < 1.29 is 13.2 Å². The Labute approximate surface area is 149 Å². The van der Waals surface area contributed by atoms with Crippen LogP contribution in [0.25, 0.3) is 10.9 Å². The van der Waals surface area contributed by atoms with E-state index >= 15 is 0 Å². The van der Waals surface area contributed by atoms with Gasteiger partial charge >= 0.3 is 0 Å². The minimum Gasteiger partial charge on any atom is -0.347 e. The number of aryl methyl sites for hydroxylation is 1. The fourth-order valence-corrected chi connectivity index (χ4v) is 4.21. The van der Waals surface area contributed by atoms with Crippen LogP contribution in [-0.2, 0) is 21.4 Å². The topological polar surface area (TPSA) is 62.6 Å². The molecule has 0 saturated carbocycles. The quantitative estimate of drug-likeness (QED) is 0.815. The Morgan fingerprint density at radius 3 is 2.56 bits per heavy atom. The fraction of sp³-hybridized carbons (Fsp3) is 0.500. The summed E-state index contributed by atoms with van der Waals surface area (Å²) in [5.41, 5.74) is 1.14. The zero-order valence-corrected chi connectivity index (χ0v) is 15.6. The van der Waals surface area contributed by atoms with Crippen LogP contribution in [0.5, 0.6) is 0 Å². The number of nitrogens with zero attached hydrogens (tertiary/aromatic N) is 3. The fourth-order valence-electron chi connectivity index (χ4n) is 3.46. The third-order valence-electron chi connectivity index (χ3n) is 5.10. The Morgan fingerprint density at radius 2 is 1.88 bits per heavy atom. The van der Waals surface area contributed by atoms with Gasteiger partial charge in [-0.05, 0) is 30.4 Å². The molecule has 1 amide bonds. The molecule has 6 nitrogen and oxygen atoms in total. The molecule has 0 N–H and O–H groups in total. The minimum absolute atomic E-state index is 0.00700. The van der Waals surface area contributed by atoms with Crippen molar-refractivity contribution in [3.63, 3.8) is 0 Å². The second kappa shape index (κ2) is 7.17. The molecule has 1 aromatic heterocycles. The van der Waals surface area contributed by atoms with E-state index in [9.17, 15) is 13.2 Å². The van der Waals surface area contributed by atoms with E-state index in [-0.39, 0.29) is 11.9 Å². The van der Waals surface area contributed by atoms with Gasteiger partial charge in [0.25, 0.3) is 0 Å². The van der Waals surface area contributed by atoms with Crippen molar-refractivity contribution >= 4 is 26.8 Å². The molecule has 0 radical (unpaired) electrons. The van der Waals surface area contributed by atoms with E-state index < -0.39 is 10.0 Å². The summed E-state index contributed by atoms with van der Waals surface area (Å²) in [6, 6.07) is 10.2. The van der Waals surface area contributed by atoms with E-state index in [1.165, 1.54) is 15.9 Å². The molecular weight excluding hydrogens is 338 g/mol. The molecule has 0 bridgehead atoms. The third kappa shape index (κ3) is 4.04. The molecule has 25 heavy (non-hydrogen) atoms. The van der Waals surface area contributed by atoms with Crippen LogP contribution in [0.3, 0.4) is 0 Å². The number of likely N-dealkylation sites (tertiary alicyclic amines) is 1. The van der Waals surface area contributed by atoms with E-state index in [1.54, 1.807) is 7.05 Å². The molecule has 1 aliphatic rings. The summed E-state index contributed by atoms with van der Waals surface area (Å²) >= 11 is 0. The number of aromatic nitrogens is 1. The number of hydrogen-bond acceptors (Lipinski definition) is 3. The highest BCUT2D eigenvalue weighted by Gasteiger charge is 2.28. The molecule has 2 heterocycles. The van der Waals surface area contributed by atoms with E-state index in [0.717, 1.165) is 5.52 Å². The molecule has 0 spiro atoms. The van der Waals surface area contributed by atoms with Crippen molar-refractivity contribution in [2.45, 2.75) is 31.8 Å². The number of benzene rings is 1. The Bertz CT molecular complexity index is 851. The number of sulfonamides is 1. The zero-order chi connectivity index (χ0) is 18.0. The van der Waals surface area contributed by atoms with Gasteiger partial charge in [-0.2, -0.15) is 0 Å². The Kier molecular flexibility index (Phi) is 5.15. The van der Waals surface area contributed by atoms with Gasteiger partial charge in [-0.1, -0.05) is 18.2 Å². The molecule has 3 rings (SSSR count). The van der Waals surface area contributed by atoms with Gasteiger partial charge in [-0.15, -0.1) is 0 Å². The average Bonchev–Trinajstić information content (AvgIpc) is 3.01. The molecule has 0 atom stereocenters. The molecule has 1 aromatic carbocycles. The van der Waals surface area contributed by atoms with Gasteiger partial charge in [0.2, 0.25) is 15.9 Å². The van der Waals surface area contributed by atoms with Gasteiger partial charge in [0, 0.05) is 50.9 Å². The summed E-state index contributed by atoms with van der Waals surface area (Å²) in [7, 11) is -1.55. The molecule has 7 heteroatoms. The number of carbonyl (C=O) groups excluding carboxylic acids is 1. The van der Waals surface area contributed by atoms with Crippen LogP contribution in [0.2, 0.25) is 0 Å². The second-order valence-corrected chi connectivity index (χ2v) is 8.75. The predicted molar refractivity (Wildman–Crippen MR) is 98.8 cm³/mol. The Morgan fingerprint density at radius 1 is 1.20 bits per heavy atom. The number of piperidine rings is 1. The first-order valence-corrected chi connectivity index (χ1v) is 10.5. The first-order valence-electron chi connectivity index (χ1n) is 8.61. The maximum atomic E-state index is 12.5. The monoisotopic (exact) mass is 363 g/mol. The van der Waals surface area contributed by atoms with Crippen LogP contribution >= 0.6 is 0 Å². The average molecular weight is 363 g/mol. The van der Waals surface area contributed by atoms with Crippen LogP contribution in [0.1, 0.15) is 19.3 Å². The lowest BCUT2D eigenvalue weighted by Crippen LogP contribution is -2.47. The van der Waals surface area contributed by atoms with Gasteiger partial charge < -0.3 is 9.47 Å². The van der Waals surface area contributed by atoms with Crippen LogP contribution in [0, 0.1) is 0 Å². The van der Waals surface area contributed by atoms with Crippen LogP contribution < -0.4 is 0 Å². The summed E-state index contributed by atoms with van der Waals surface area (Å²) in [5, 5.41) is 1.18. The highest BCUT2D eigenvalue weighted by atomic mass is 32.2. The van der Waals surface area contributed by atoms with Gasteiger partial charge in [-0.3, -0.25) is 4.79 Å². The number of fused-ring (bicyclic) bond motifs is 1. The van der Waals surface area contributed by atoms with Crippen molar-refractivity contribution in [2.24, 2.45) is 0 Å². The normalized spacial score (nSPS) is 16.7. The molecule has 0 unspecified atom stereocenters. The summed E-state index contributed by atoms with van der Waals surface area (Å²) in [6.07, 6.45) is 5.10. The zero-order valence-electron chi connectivity index (χ0n) is 14.8. The largest absolute Gasteiger partial charge is 0.347 e. The van der Waals surface area contributed by atoms with E-state index in [2.05, 4.69) is 22.8 Å². The number of para-hydroxylation sites is 1. The summed E-state index contributed by atoms with van der Waals surface area (Å²) < 4.78 is 26.8. The molecule has 1 aliphatic heterocycles. The Hall–Kier alpha value is -1.86. The maximum Gasteiger partial charge on any atom is 0.224 e. The summed E-state index contributed by atoms with van der Waals surface area (Å²) in [4.78, 5) is 14.3. The standard InChI is InChI=1S/C18H25N3O3S/c1-19(25(2,23)24)16-8-12-21(13-9-16)18(22)10-14-20-11-7-15-5-3-4-6-17(15)20/h3-7,11,16H,8-10,12-14H2,1-2H3. The molecule has 1 fully saturated rings. The van der Waals surface area contributed by atoms with Gasteiger partial charge in [0.1, 0.15) is 0 Å². The predicted octanol–water partition coefficient (Wildman–Crippen LogP) is 1.91. The van der Waals surface area contributed by atoms with Crippen LogP contribution in [-0.4, -0.2) is 60.5 Å².